The van der Waals surface area contributed by atoms with Gasteiger partial charge in [-0.05, 0) is 49.4 Å². The van der Waals surface area contributed by atoms with Crippen LogP contribution in [0.1, 0.15) is 35.3 Å². The van der Waals surface area contributed by atoms with Gasteiger partial charge in [-0.3, -0.25) is 9.59 Å². The zero-order valence-electron chi connectivity index (χ0n) is 16.8. The Balaban J connectivity index is 1.24. The molecule has 8 nitrogen and oxygen atoms in total. The van der Waals surface area contributed by atoms with Gasteiger partial charge in [0.15, 0.2) is 11.8 Å². The van der Waals surface area contributed by atoms with Crippen molar-refractivity contribution >= 4 is 17.3 Å². The van der Waals surface area contributed by atoms with Crippen molar-refractivity contribution in [3.05, 3.63) is 59.7 Å². The lowest BCUT2D eigenvalue weighted by Gasteiger charge is -2.36. The van der Waals surface area contributed by atoms with Gasteiger partial charge in [0.25, 0.3) is 11.8 Å². The molecule has 0 aliphatic carbocycles. The second-order valence-electron chi connectivity index (χ2n) is 7.96. The minimum Gasteiger partial charge on any atom is -0.480 e. The third-order valence-corrected chi connectivity index (χ3v) is 5.86. The van der Waals surface area contributed by atoms with Gasteiger partial charge in [-0.1, -0.05) is 17.3 Å². The van der Waals surface area contributed by atoms with Crippen LogP contribution in [0.3, 0.4) is 0 Å². The summed E-state index contributed by atoms with van der Waals surface area (Å²) >= 11 is 0. The highest BCUT2D eigenvalue weighted by molar-refractivity contribution is 5.98. The van der Waals surface area contributed by atoms with Gasteiger partial charge >= 0.3 is 0 Å². The summed E-state index contributed by atoms with van der Waals surface area (Å²) in [6, 6.07) is 9.68. The number of fused-ring (bicyclic) bond motifs is 2. The molecule has 1 aromatic carbocycles. The van der Waals surface area contributed by atoms with Crippen molar-refractivity contribution < 1.29 is 18.7 Å². The minimum atomic E-state index is -0.634. The molecule has 2 aliphatic rings. The van der Waals surface area contributed by atoms with Gasteiger partial charge in [0.1, 0.15) is 11.6 Å². The average molecular weight is 423 g/mol. The van der Waals surface area contributed by atoms with Gasteiger partial charge in [0, 0.05) is 31.4 Å². The summed E-state index contributed by atoms with van der Waals surface area (Å²) < 4.78 is 20.9. The Morgan fingerprint density at radius 3 is 3.00 bits per heavy atom. The zero-order valence-corrected chi connectivity index (χ0v) is 16.8. The fourth-order valence-electron chi connectivity index (χ4n) is 4.28. The highest BCUT2D eigenvalue weighted by Gasteiger charge is 2.33. The van der Waals surface area contributed by atoms with Crippen molar-refractivity contribution in [1.82, 2.24) is 25.0 Å². The summed E-state index contributed by atoms with van der Waals surface area (Å²) in [6.07, 6.45) is 3.86. The normalized spacial score (nSPS) is 20.7. The number of carbonyl (C=O) groups is 2. The number of aromatic nitrogens is 3. The predicted octanol–water partition coefficient (Wildman–Crippen LogP) is 1.98. The topological polar surface area (TPSA) is 88.8 Å². The van der Waals surface area contributed by atoms with Crippen LogP contribution in [0.5, 0.6) is 5.75 Å². The van der Waals surface area contributed by atoms with E-state index in [9.17, 15) is 14.0 Å². The average Bonchev–Trinajstić information content (AvgIpc) is 3.22. The molecule has 0 saturated carbocycles. The fourth-order valence-corrected chi connectivity index (χ4v) is 4.28. The summed E-state index contributed by atoms with van der Waals surface area (Å²) in [5.74, 6) is -0.374. The van der Waals surface area contributed by atoms with E-state index in [1.54, 1.807) is 27.7 Å². The van der Waals surface area contributed by atoms with Crippen molar-refractivity contribution in [2.24, 2.45) is 0 Å². The van der Waals surface area contributed by atoms with Crippen LogP contribution in [-0.4, -0.2) is 56.8 Å². The second-order valence-corrected chi connectivity index (χ2v) is 7.96. The lowest BCUT2D eigenvalue weighted by Crippen LogP contribution is -2.53. The van der Waals surface area contributed by atoms with E-state index in [2.05, 4.69) is 15.6 Å². The molecule has 3 aromatic rings. The first kappa shape index (κ1) is 19.5. The first-order valence-electron chi connectivity index (χ1n) is 10.4. The number of ether oxygens (including phenoxy) is 1. The molecule has 2 unspecified atom stereocenters. The van der Waals surface area contributed by atoms with Crippen molar-refractivity contribution in [2.45, 2.75) is 37.8 Å². The molecular weight excluding hydrogens is 401 g/mol. The molecule has 31 heavy (non-hydrogen) atoms. The third kappa shape index (κ3) is 3.83. The predicted molar refractivity (Wildman–Crippen MR) is 109 cm³/mol. The van der Waals surface area contributed by atoms with Crippen LogP contribution in [0.2, 0.25) is 0 Å². The number of hydrogen-bond acceptors (Lipinski definition) is 5. The molecule has 4 heterocycles. The lowest BCUT2D eigenvalue weighted by molar-refractivity contribution is -0.140. The van der Waals surface area contributed by atoms with Crippen molar-refractivity contribution in [2.75, 3.05) is 13.1 Å². The molecule has 5 rings (SSSR count). The van der Waals surface area contributed by atoms with Crippen LogP contribution in [0, 0.1) is 5.82 Å². The molecule has 2 aliphatic heterocycles. The number of hydrogen-bond donors (Lipinski definition) is 1. The van der Waals surface area contributed by atoms with Gasteiger partial charge < -0.3 is 15.0 Å². The summed E-state index contributed by atoms with van der Waals surface area (Å²) in [6.45, 7) is 1.01. The number of likely N-dealkylation sites (tertiary alicyclic amines) is 1. The van der Waals surface area contributed by atoms with E-state index >= 15 is 0 Å². The Hall–Kier alpha value is -3.49. The molecule has 1 fully saturated rings. The lowest BCUT2D eigenvalue weighted by atomic mass is 9.99. The van der Waals surface area contributed by atoms with Gasteiger partial charge in [-0.15, -0.1) is 5.10 Å². The quantitative estimate of drug-likeness (QED) is 0.696. The summed E-state index contributed by atoms with van der Waals surface area (Å²) in [4.78, 5) is 27.5. The standard InChI is InChI=1S/C22H22FN5O3/c23-15-8-6-14-7-9-18(31-19(14)12-15)22(30)27-10-3-4-16(13-27)24-21(29)20-17-5-1-2-11-28(17)26-25-20/h1-2,5-6,8,11-12,16,18H,3-4,7,9-10,13H2,(H,24,29). The summed E-state index contributed by atoms with van der Waals surface area (Å²) in [5, 5.41) is 10.9. The summed E-state index contributed by atoms with van der Waals surface area (Å²) in [7, 11) is 0. The molecule has 1 N–H and O–H groups in total. The number of amides is 2. The third-order valence-electron chi connectivity index (χ3n) is 5.86. The SMILES string of the molecule is O=C(NC1CCCN(C(=O)C2CCc3ccc(F)cc3O2)C1)c1nnn2ccccc12. The van der Waals surface area contributed by atoms with Gasteiger partial charge in [0.05, 0.1) is 5.52 Å². The number of rotatable bonds is 3. The second kappa shape index (κ2) is 7.98. The van der Waals surface area contributed by atoms with E-state index in [0.29, 0.717) is 37.2 Å². The number of halogens is 1. The van der Waals surface area contributed by atoms with Crippen LogP contribution in [-0.2, 0) is 11.2 Å². The molecule has 2 atom stereocenters. The van der Waals surface area contributed by atoms with Crippen LogP contribution in [0.4, 0.5) is 4.39 Å². The Labute approximate surface area is 178 Å². The Morgan fingerprint density at radius 2 is 2.10 bits per heavy atom. The van der Waals surface area contributed by atoms with E-state index in [0.717, 1.165) is 18.4 Å². The molecule has 160 valence electrons. The van der Waals surface area contributed by atoms with Crippen LogP contribution < -0.4 is 10.1 Å². The van der Waals surface area contributed by atoms with E-state index in [1.807, 2.05) is 12.1 Å². The highest BCUT2D eigenvalue weighted by atomic mass is 19.1. The maximum atomic E-state index is 13.5. The maximum Gasteiger partial charge on any atom is 0.274 e. The van der Waals surface area contributed by atoms with Crippen molar-refractivity contribution in [1.29, 1.82) is 0 Å². The van der Waals surface area contributed by atoms with Crippen LogP contribution in [0.25, 0.3) is 5.52 Å². The van der Waals surface area contributed by atoms with Crippen molar-refractivity contribution in [3.8, 4) is 5.75 Å². The first-order chi connectivity index (χ1) is 15.1. The number of carbonyl (C=O) groups excluding carboxylic acids is 2. The number of nitrogens with one attached hydrogen (secondary N) is 1. The first-order valence-corrected chi connectivity index (χ1v) is 10.4. The number of benzene rings is 1. The molecule has 0 bridgehead atoms. The van der Waals surface area contributed by atoms with E-state index < -0.39 is 6.10 Å². The Morgan fingerprint density at radius 1 is 1.19 bits per heavy atom. The van der Waals surface area contributed by atoms with Gasteiger partial charge in [-0.25, -0.2) is 8.91 Å². The zero-order chi connectivity index (χ0) is 21.4. The number of piperidine rings is 1. The smallest absolute Gasteiger partial charge is 0.274 e. The molecule has 1 saturated heterocycles. The molecule has 0 spiro atoms. The largest absolute Gasteiger partial charge is 0.480 e. The molecule has 2 amide bonds. The van der Waals surface area contributed by atoms with Crippen LogP contribution in [0.15, 0.2) is 42.6 Å². The van der Waals surface area contributed by atoms with Gasteiger partial charge in [-0.2, -0.15) is 0 Å². The number of pyridine rings is 1. The Kier molecular flexibility index (Phi) is 5.01. The summed E-state index contributed by atoms with van der Waals surface area (Å²) in [5.41, 5.74) is 1.80. The van der Waals surface area contributed by atoms with Crippen LogP contribution >= 0.6 is 0 Å². The van der Waals surface area contributed by atoms with E-state index in [4.69, 9.17) is 4.74 Å². The molecule has 0 radical (unpaired) electrons. The monoisotopic (exact) mass is 423 g/mol. The minimum absolute atomic E-state index is 0.122. The Bertz CT molecular complexity index is 1150. The maximum absolute atomic E-state index is 13.5. The molecule has 2 aromatic heterocycles. The molecular formula is C22H22FN5O3. The van der Waals surface area contributed by atoms with E-state index in [-0.39, 0.29) is 29.4 Å². The fraction of sp³-hybridized carbons (Fsp3) is 0.364. The number of aryl methyl sites for hydroxylation is 1. The number of nitrogens with zero attached hydrogens (tertiary/aromatic N) is 4. The molecule has 9 heteroatoms. The highest BCUT2D eigenvalue weighted by Crippen LogP contribution is 2.29. The van der Waals surface area contributed by atoms with E-state index in [1.165, 1.54) is 12.1 Å². The van der Waals surface area contributed by atoms with Crippen molar-refractivity contribution in [3.63, 3.8) is 0 Å². The van der Waals surface area contributed by atoms with Gasteiger partial charge in [0.2, 0.25) is 0 Å².